The summed E-state index contributed by atoms with van der Waals surface area (Å²) in [6.07, 6.45) is 3.52. The minimum atomic E-state index is -0.366. The molecule has 0 atom stereocenters. The number of aromatic nitrogens is 1. The van der Waals surface area contributed by atoms with Crippen LogP contribution in [0.5, 0.6) is 5.75 Å². The van der Waals surface area contributed by atoms with Crippen LogP contribution >= 0.6 is 11.6 Å². The third-order valence-corrected chi connectivity index (χ3v) is 4.12. The molecule has 0 saturated heterocycles. The summed E-state index contributed by atoms with van der Waals surface area (Å²) in [5.74, 6) is 0.156. The maximum Gasteiger partial charge on any atom is 0.341 e. The zero-order valence-electron chi connectivity index (χ0n) is 13.3. The molecule has 0 unspecified atom stereocenters. The molecule has 3 rings (SSSR count). The summed E-state index contributed by atoms with van der Waals surface area (Å²) in [5.41, 5.74) is 2.67. The van der Waals surface area contributed by atoms with Gasteiger partial charge >= 0.3 is 5.97 Å². The highest BCUT2D eigenvalue weighted by molar-refractivity contribution is 6.31. The highest BCUT2D eigenvalue weighted by atomic mass is 35.5. The van der Waals surface area contributed by atoms with Gasteiger partial charge in [-0.05, 0) is 48.7 Å². The van der Waals surface area contributed by atoms with Crippen LogP contribution in [-0.4, -0.2) is 24.7 Å². The molecule has 0 fully saturated rings. The summed E-state index contributed by atoms with van der Waals surface area (Å²) in [6, 6.07) is 12.8. The van der Waals surface area contributed by atoms with Crippen molar-refractivity contribution in [3.8, 4) is 5.75 Å². The number of rotatable bonds is 6. The van der Waals surface area contributed by atoms with Crippen molar-refractivity contribution in [3.63, 3.8) is 0 Å². The van der Waals surface area contributed by atoms with Crippen LogP contribution in [0.3, 0.4) is 0 Å². The van der Waals surface area contributed by atoms with Crippen LogP contribution in [0.2, 0.25) is 5.02 Å². The molecule has 0 amide bonds. The highest BCUT2D eigenvalue weighted by Crippen LogP contribution is 2.23. The number of benzene rings is 2. The number of aromatic amines is 1. The van der Waals surface area contributed by atoms with E-state index in [1.807, 2.05) is 30.5 Å². The van der Waals surface area contributed by atoms with Gasteiger partial charge in [-0.2, -0.15) is 0 Å². The summed E-state index contributed by atoms with van der Waals surface area (Å²) in [7, 11) is 1.54. The maximum atomic E-state index is 12.1. The Morgan fingerprint density at radius 1 is 1.21 bits per heavy atom. The molecule has 0 saturated carbocycles. The molecule has 0 aliphatic heterocycles. The van der Waals surface area contributed by atoms with E-state index >= 15 is 0 Å². The van der Waals surface area contributed by atoms with E-state index in [2.05, 4.69) is 4.98 Å². The molecule has 0 aliphatic rings. The van der Waals surface area contributed by atoms with E-state index in [-0.39, 0.29) is 5.97 Å². The van der Waals surface area contributed by atoms with Gasteiger partial charge in [-0.15, -0.1) is 0 Å². The van der Waals surface area contributed by atoms with Gasteiger partial charge in [0.05, 0.1) is 13.7 Å². The van der Waals surface area contributed by atoms with Crippen molar-refractivity contribution in [2.24, 2.45) is 0 Å². The van der Waals surface area contributed by atoms with Crippen molar-refractivity contribution >= 4 is 28.5 Å². The number of esters is 1. The van der Waals surface area contributed by atoms with Crippen molar-refractivity contribution in [2.45, 2.75) is 12.8 Å². The Morgan fingerprint density at radius 2 is 2.04 bits per heavy atom. The molecular formula is C19H18ClNO3. The van der Waals surface area contributed by atoms with Gasteiger partial charge in [-0.25, -0.2) is 4.79 Å². The molecule has 0 radical (unpaired) electrons. The van der Waals surface area contributed by atoms with E-state index in [0.29, 0.717) is 22.9 Å². The fourth-order valence-corrected chi connectivity index (χ4v) is 2.85. The molecule has 2 aromatic carbocycles. The van der Waals surface area contributed by atoms with Crippen LogP contribution in [0, 0.1) is 0 Å². The summed E-state index contributed by atoms with van der Waals surface area (Å²) in [4.78, 5) is 15.3. The molecular weight excluding hydrogens is 326 g/mol. The third kappa shape index (κ3) is 3.54. The summed E-state index contributed by atoms with van der Waals surface area (Å²) in [6.45, 7) is 0.351. The second kappa shape index (κ2) is 7.41. The zero-order valence-corrected chi connectivity index (χ0v) is 14.1. The average molecular weight is 344 g/mol. The Hall–Kier alpha value is -2.46. The van der Waals surface area contributed by atoms with Gasteiger partial charge in [-0.3, -0.25) is 0 Å². The van der Waals surface area contributed by atoms with E-state index < -0.39 is 0 Å². The van der Waals surface area contributed by atoms with Crippen molar-refractivity contribution < 1.29 is 14.3 Å². The third-order valence-electron chi connectivity index (χ3n) is 3.88. The Balaban J connectivity index is 1.56. The van der Waals surface area contributed by atoms with Crippen molar-refractivity contribution in [2.75, 3.05) is 13.7 Å². The first-order chi connectivity index (χ1) is 11.7. The molecule has 3 aromatic rings. The number of fused-ring (bicyclic) bond motifs is 1. The summed E-state index contributed by atoms with van der Waals surface area (Å²) >= 11 is 6.05. The van der Waals surface area contributed by atoms with Crippen LogP contribution in [0.4, 0.5) is 0 Å². The van der Waals surface area contributed by atoms with E-state index in [0.717, 1.165) is 23.7 Å². The number of halogens is 1. The lowest BCUT2D eigenvalue weighted by Gasteiger charge is -2.08. The van der Waals surface area contributed by atoms with Crippen molar-refractivity contribution in [1.29, 1.82) is 0 Å². The molecule has 4 nitrogen and oxygen atoms in total. The van der Waals surface area contributed by atoms with Crippen LogP contribution in [0.1, 0.15) is 22.3 Å². The Labute approximate surface area is 145 Å². The molecule has 124 valence electrons. The molecule has 1 heterocycles. The maximum absolute atomic E-state index is 12.1. The molecule has 0 spiro atoms. The molecule has 24 heavy (non-hydrogen) atoms. The van der Waals surface area contributed by atoms with Crippen LogP contribution < -0.4 is 4.74 Å². The Kier molecular flexibility index (Phi) is 5.06. The zero-order chi connectivity index (χ0) is 16.9. The molecule has 1 N–H and O–H groups in total. The number of carbonyl (C=O) groups excluding carboxylic acids is 1. The van der Waals surface area contributed by atoms with E-state index in [1.165, 1.54) is 12.7 Å². The second-order valence-electron chi connectivity index (χ2n) is 5.44. The van der Waals surface area contributed by atoms with Gasteiger partial charge in [0.2, 0.25) is 0 Å². The van der Waals surface area contributed by atoms with Crippen LogP contribution in [0.25, 0.3) is 10.9 Å². The van der Waals surface area contributed by atoms with Gasteiger partial charge in [0, 0.05) is 22.1 Å². The molecule has 0 aliphatic carbocycles. The van der Waals surface area contributed by atoms with E-state index in [1.54, 1.807) is 18.2 Å². The van der Waals surface area contributed by atoms with E-state index in [9.17, 15) is 4.79 Å². The number of nitrogens with one attached hydrogen (secondary N) is 1. The average Bonchev–Trinajstić information content (AvgIpc) is 3.00. The van der Waals surface area contributed by atoms with E-state index in [4.69, 9.17) is 21.1 Å². The fourth-order valence-electron chi connectivity index (χ4n) is 2.68. The Bertz CT molecular complexity index is 857. The number of carbonyl (C=O) groups is 1. The summed E-state index contributed by atoms with van der Waals surface area (Å²) in [5, 5.41) is 1.82. The first-order valence-corrected chi connectivity index (χ1v) is 8.12. The monoisotopic (exact) mass is 343 g/mol. The predicted molar refractivity (Wildman–Crippen MR) is 94.9 cm³/mol. The van der Waals surface area contributed by atoms with Crippen molar-refractivity contribution in [3.05, 3.63) is 64.8 Å². The smallest absolute Gasteiger partial charge is 0.341 e. The number of H-pyrrole nitrogens is 1. The van der Waals surface area contributed by atoms with Crippen molar-refractivity contribution in [1.82, 2.24) is 4.98 Å². The van der Waals surface area contributed by atoms with Gasteiger partial charge in [0.25, 0.3) is 0 Å². The normalized spacial score (nSPS) is 10.8. The quantitative estimate of drug-likeness (QED) is 0.525. The van der Waals surface area contributed by atoms with Gasteiger partial charge in [-0.1, -0.05) is 23.7 Å². The minimum absolute atomic E-state index is 0.351. The second-order valence-corrected chi connectivity index (χ2v) is 5.88. The number of para-hydroxylation sites is 1. The first kappa shape index (κ1) is 16.4. The van der Waals surface area contributed by atoms with Crippen LogP contribution in [-0.2, 0) is 11.2 Å². The first-order valence-electron chi connectivity index (χ1n) is 7.74. The number of aryl methyl sites for hydroxylation is 1. The Morgan fingerprint density at radius 3 is 2.88 bits per heavy atom. The van der Waals surface area contributed by atoms with Gasteiger partial charge < -0.3 is 14.5 Å². The van der Waals surface area contributed by atoms with Gasteiger partial charge in [0.1, 0.15) is 11.3 Å². The lowest BCUT2D eigenvalue weighted by atomic mass is 10.1. The number of hydrogen-bond acceptors (Lipinski definition) is 3. The molecule has 5 heteroatoms. The number of hydrogen-bond donors (Lipinski definition) is 1. The fraction of sp³-hybridized carbons (Fsp3) is 0.211. The number of methoxy groups -OCH3 is 1. The SMILES string of the molecule is COc1ccccc1C(=O)OCCCc1c[nH]c2ccc(Cl)cc12. The highest BCUT2D eigenvalue weighted by Gasteiger charge is 2.12. The standard InChI is InChI=1S/C19H18ClNO3/c1-23-18-7-3-2-6-15(18)19(22)24-10-4-5-13-12-21-17-9-8-14(20)11-16(13)17/h2-3,6-9,11-12,21H,4-5,10H2,1H3. The minimum Gasteiger partial charge on any atom is -0.496 e. The molecule has 1 aromatic heterocycles. The topological polar surface area (TPSA) is 51.3 Å². The molecule has 0 bridgehead atoms. The summed E-state index contributed by atoms with van der Waals surface area (Å²) < 4.78 is 10.5. The lowest BCUT2D eigenvalue weighted by molar-refractivity contribution is 0.0497. The lowest BCUT2D eigenvalue weighted by Crippen LogP contribution is -2.08. The van der Waals surface area contributed by atoms with Crippen LogP contribution in [0.15, 0.2) is 48.7 Å². The predicted octanol–water partition coefficient (Wildman–Crippen LogP) is 4.62. The number of ether oxygens (including phenoxy) is 2. The largest absolute Gasteiger partial charge is 0.496 e. The van der Waals surface area contributed by atoms with Gasteiger partial charge in [0.15, 0.2) is 0 Å².